The Morgan fingerprint density at radius 2 is 1.83 bits per heavy atom. The summed E-state index contributed by atoms with van der Waals surface area (Å²) in [6.07, 6.45) is 2.43. The second kappa shape index (κ2) is 12.4. The van der Waals surface area contributed by atoms with Crippen molar-refractivity contribution in [3.63, 3.8) is 0 Å². The van der Waals surface area contributed by atoms with E-state index in [9.17, 15) is 14.9 Å². The molecule has 3 heterocycles. The molecule has 1 amide bonds. The van der Waals surface area contributed by atoms with Crippen molar-refractivity contribution in [2.24, 2.45) is 5.10 Å². The Kier molecular flexibility index (Phi) is 8.30. The minimum atomic E-state index is -0.569. The Balaban J connectivity index is 1.17. The minimum absolute atomic E-state index is 0.0531. The second-order valence-electron chi connectivity index (χ2n) is 9.10. The van der Waals surface area contributed by atoms with Crippen LogP contribution in [0.15, 0.2) is 94.6 Å². The van der Waals surface area contributed by atoms with Crippen LogP contribution >= 0.6 is 11.6 Å². The van der Waals surface area contributed by atoms with Gasteiger partial charge in [-0.1, -0.05) is 11.6 Å². The summed E-state index contributed by atoms with van der Waals surface area (Å²) in [5.41, 5.74) is 6.00. The summed E-state index contributed by atoms with van der Waals surface area (Å²) >= 11 is 6.11. The SMILES string of the molecule is Cc1ccc(C)n1-c1ccc(OCc2ccc(C(=O)N/N=C/c3cc(Cl)ccc3Oc3ccc([N+](=O)[O-])cn3)o2)cc1. The molecule has 5 rings (SSSR count). The fourth-order valence-electron chi connectivity index (χ4n) is 4.08. The van der Waals surface area contributed by atoms with Crippen molar-refractivity contribution in [1.82, 2.24) is 15.0 Å². The van der Waals surface area contributed by atoms with Gasteiger partial charge in [-0.05, 0) is 80.6 Å². The van der Waals surface area contributed by atoms with Crippen molar-refractivity contribution in [3.8, 4) is 23.1 Å². The Bertz CT molecular complexity index is 1740. The van der Waals surface area contributed by atoms with Gasteiger partial charge in [0, 0.05) is 39.8 Å². The molecular weight excluding hydrogens is 562 g/mol. The van der Waals surface area contributed by atoms with Crippen molar-refractivity contribution in [3.05, 3.63) is 129 Å². The van der Waals surface area contributed by atoms with Crippen LogP contribution in [-0.4, -0.2) is 26.6 Å². The number of nitrogens with one attached hydrogen (secondary N) is 1. The van der Waals surface area contributed by atoms with Gasteiger partial charge in [-0.3, -0.25) is 14.9 Å². The monoisotopic (exact) mass is 585 g/mol. The number of aromatic nitrogens is 2. The third kappa shape index (κ3) is 6.65. The number of aryl methyl sites for hydroxylation is 2. The van der Waals surface area contributed by atoms with Gasteiger partial charge in [-0.25, -0.2) is 10.4 Å². The molecule has 0 unspecified atom stereocenters. The largest absolute Gasteiger partial charge is 0.486 e. The number of hydrogen-bond donors (Lipinski definition) is 1. The van der Waals surface area contributed by atoms with E-state index in [1.807, 2.05) is 24.3 Å². The molecule has 0 spiro atoms. The number of hydrogen-bond acceptors (Lipinski definition) is 8. The number of nitrogens with zero attached hydrogens (tertiary/aromatic N) is 4. The van der Waals surface area contributed by atoms with Gasteiger partial charge in [-0.15, -0.1) is 0 Å². The number of furan rings is 1. The maximum Gasteiger partial charge on any atom is 0.307 e. The van der Waals surface area contributed by atoms with E-state index in [-0.39, 0.29) is 23.9 Å². The third-order valence-corrected chi connectivity index (χ3v) is 6.36. The molecule has 0 atom stereocenters. The molecule has 11 nitrogen and oxygen atoms in total. The number of carbonyl (C=O) groups is 1. The van der Waals surface area contributed by atoms with Crippen LogP contribution in [0.4, 0.5) is 5.69 Å². The third-order valence-electron chi connectivity index (χ3n) is 6.12. The lowest BCUT2D eigenvalue weighted by molar-refractivity contribution is -0.385. The van der Waals surface area contributed by atoms with Crippen molar-refractivity contribution in [2.75, 3.05) is 0 Å². The summed E-state index contributed by atoms with van der Waals surface area (Å²) in [4.78, 5) is 26.8. The highest BCUT2D eigenvalue weighted by molar-refractivity contribution is 6.30. The van der Waals surface area contributed by atoms with Crippen LogP contribution in [0.5, 0.6) is 17.4 Å². The fraction of sp³-hybridized carbons (Fsp3) is 0.100. The van der Waals surface area contributed by atoms with Gasteiger partial charge in [0.1, 0.15) is 30.1 Å². The quantitative estimate of drug-likeness (QED) is 0.108. The van der Waals surface area contributed by atoms with E-state index in [1.54, 1.807) is 24.3 Å². The van der Waals surface area contributed by atoms with E-state index in [0.29, 0.717) is 27.8 Å². The zero-order valence-corrected chi connectivity index (χ0v) is 23.2. The Labute approximate surface area is 245 Å². The molecule has 5 aromatic rings. The molecule has 3 aromatic heterocycles. The van der Waals surface area contributed by atoms with Crippen LogP contribution in [0.3, 0.4) is 0 Å². The van der Waals surface area contributed by atoms with Crippen molar-refractivity contribution in [2.45, 2.75) is 20.5 Å². The zero-order chi connectivity index (χ0) is 29.6. The number of nitro groups is 1. The normalized spacial score (nSPS) is 11.0. The van der Waals surface area contributed by atoms with Crippen LogP contribution in [0.25, 0.3) is 5.69 Å². The molecule has 2 aromatic carbocycles. The number of rotatable bonds is 10. The number of ether oxygens (including phenoxy) is 2. The van der Waals surface area contributed by atoms with Crippen molar-refractivity contribution < 1.29 is 23.6 Å². The zero-order valence-electron chi connectivity index (χ0n) is 22.5. The molecule has 0 aliphatic carbocycles. The molecule has 12 heteroatoms. The molecule has 0 saturated carbocycles. The average molecular weight is 586 g/mol. The van der Waals surface area contributed by atoms with E-state index in [0.717, 1.165) is 23.3 Å². The van der Waals surface area contributed by atoms with Crippen molar-refractivity contribution in [1.29, 1.82) is 0 Å². The number of carbonyl (C=O) groups excluding carboxylic acids is 1. The number of pyridine rings is 1. The smallest absolute Gasteiger partial charge is 0.307 e. The van der Waals surface area contributed by atoms with Gasteiger partial charge in [0.25, 0.3) is 5.69 Å². The fourth-order valence-corrected chi connectivity index (χ4v) is 4.26. The second-order valence-corrected chi connectivity index (χ2v) is 9.53. The van der Waals surface area contributed by atoms with Crippen LogP contribution < -0.4 is 14.9 Å². The number of halogens is 1. The van der Waals surface area contributed by atoms with E-state index < -0.39 is 10.8 Å². The van der Waals surface area contributed by atoms with Gasteiger partial charge in [-0.2, -0.15) is 5.10 Å². The maximum absolute atomic E-state index is 12.6. The topological polar surface area (TPSA) is 134 Å². The van der Waals surface area contributed by atoms with Gasteiger partial charge in [0.15, 0.2) is 5.76 Å². The molecule has 0 aliphatic rings. The summed E-state index contributed by atoms with van der Waals surface area (Å²) < 4.78 is 19.3. The molecule has 1 N–H and O–H groups in total. The van der Waals surface area contributed by atoms with Crippen molar-refractivity contribution >= 4 is 29.4 Å². The number of hydrazone groups is 1. The Hall–Kier alpha value is -5.42. The molecule has 0 radical (unpaired) electrons. The predicted octanol–water partition coefficient (Wildman–Crippen LogP) is 6.78. The maximum atomic E-state index is 12.6. The summed E-state index contributed by atoms with van der Waals surface area (Å²) in [5.74, 6) is 1.07. The molecule has 0 saturated heterocycles. The lowest BCUT2D eigenvalue weighted by atomic mass is 10.2. The molecule has 42 heavy (non-hydrogen) atoms. The van der Waals surface area contributed by atoms with Gasteiger partial charge in [0.05, 0.1) is 11.1 Å². The van der Waals surface area contributed by atoms with E-state index in [2.05, 4.69) is 46.1 Å². The van der Waals surface area contributed by atoms with E-state index in [4.69, 9.17) is 25.5 Å². The van der Waals surface area contributed by atoms with Gasteiger partial charge >= 0.3 is 5.91 Å². The molecule has 0 fully saturated rings. The lowest BCUT2D eigenvalue weighted by Gasteiger charge is -2.10. The first kappa shape index (κ1) is 28.1. The Morgan fingerprint density at radius 3 is 2.52 bits per heavy atom. The summed E-state index contributed by atoms with van der Waals surface area (Å²) in [6, 6.07) is 22.4. The van der Waals surface area contributed by atoms with Crippen LogP contribution in [0.1, 0.15) is 33.3 Å². The molecule has 0 bridgehead atoms. The van der Waals surface area contributed by atoms with Crippen LogP contribution in [0, 0.1) is 24.0 Å². The summed E-state index contributed by atoms with van der Waals surface area (Å²) in [5, 5.41) is 15.2. The van der Waals surface area contributed by atoms with Crippen LogP contribution in [0.2, 0.25) is 5.02 Å². The summed E-state index contributed by atoms with van der Waals surface area (Å²) in [6.45, 7) is 4.24. The van der Waals surface area contributed by atoms with Crippen LogP contribution in [-0.2, 0) is 6.61 Å². The molecule has 0 aliphatic heterocycles. The van der Waals surface area contributed by atoms with Gasteiger partial charge in [0.2, 0.25) is 5.88 Å². The van der Waals surface area contributed by atoms with E-state index >= 15 is 0 Å². The molecular formula is C30H24ClN5O6. The van der Waals surface area contributed by atoms with Gasteiger partial charge < -0.3 is 18.5 Å². The number of benzene rings is 2. The molecule has 212 valence electrons. The Morgan fingerprint density at radius 1 is 1.07 bits per heavy atom. The highest BCUT2D eigenvalue weighted by Crippen LogP contribution is 2.27. The number of amides is 1. The highest BCUT2D eigenvalue weighted by atomic mass is 35.5. The van der Waals surface area contributed by atoms with E-state index in [1.165, 1.54) is 24.4 Å². The lowest BCUT2D eigenvalue weighted by Crippen LogP contribution is -2.16. The first-order chi connectivity index (χ1) is 20.3. The average Bonchev–Trinajstić information content (AvgIpc) is 3.60. The minimum Gasteiger partial charge on any atom is -0.486 e. The first-order valence-electron chi connectivity index (χ1n) is 12.6. The highest BCUT2D eigenvalue weighted by Gasteiger charge is 2.13. The predicted molar refractivity (Wildman–Crippen MR) is 156 cm³/mol. The standard InChI is InChI=1S/C30H24ClN5O6/c1-19-3-4-20(2)35(19)23-6-9-25(10-7-23)40-18-26-11-13-28(41-26)30(37)34-33-16-21-15-22(31)5-12-27(21)42-29-14-8-24(17-32-29)36(38)39/h3-17H,18H2,1-2H3,(H,34,37)/b33-16+. The summed E-state index contributed by atoms with van der Waals surface area (Å²) in [7, 11) is 0. The first-order valence-corrected chi connectivity index (χ1v) is 13.0.